The second-order valence-electron chi connectivity index (χ2n) is 4.05. The number of hydrogen-bond acceptors (Lipinski definition) is 3. The number of rotatable bonds is 0. The first-order valence-corrected chi connectivity index (χ1v) is 5.33. The van der Waals surface area contributed by atoms with Crippen molar-refractivity contribution in [3.8, 4) is 5.75 Å². The van der Waals surface area contributed by atoms with E-state index >= 15 is 0 Å². The van der Waals surface area contributed by atoms with Gasteiger partial charge in [0.25, 0.3) is 0 Å². The number of aromatic amines is 1. The fourth-order valence-corrected chi connectivity index (χ4v) is 2.13. The predicted octanol–water partition coefficient (Wildman–Crippen LogP) is 2.47. The zero-order chi connectivity index (χ0) is 9.60. The quantitative estimate of drug-likeness (QED) is 0.643. The Morgan fingerprint density at radius 2 is 2.21 bits per heavy atom. The van der Waals surface area contributed by atoms with Gasteiger partial charge >= 0.3 is 0 Å². The highest BCUT2D eigenvalue weighted by Crippen LogP contribution is 2.45. The van der Waals surface area contributed by atoms with Gasteiger partial charge in [0.15, 0.2) is 5.75 Å². The number of H-pyrrole nitrogens is 1. The van der Waals surface area contributed by atoms with Gasteiger partial charge < -0.3 is 15.0 Å². The van der Waals surface area contributed by atoms with E-state index in [1.54, 1.807) is 0 Å². The van der Waals surface area contributed by atoms with Crippen molar-refractivity contribution in [1.29, 1.82) is 0 Å². The summed E-state index contributed by atoms with van der Waals surface area (Å²) in [7, 11) is 0. The Hall–Kier alpha value is -1.03. The highest BCUT2D eigenvalue weighted by Gasteiger charge is 2.44. The van der Waals surface area contributed by atoms with Gasteiger partial charge in [0.1, 0.15) is 5.82 Å². The number of nitrogens with one attached hydrogen (secondary N) is 2. The summed E-state index contributed by atoms with van der Waals surface area (Å²) in [6.45, 7) is 0.765. The minimum Gasteiger partial charge on any atom is -0.488 e. The Kier molecular flexibility index (Phi) is 1.62. The third kappa shape index (κ3) is 1.21. The molecular formula is C10H12N2OS. The molecule has 3 nitrogen and oxygen atoms in total. The number of fused-ring (bicyclic) bond motifs is 1. The van der Waals surface area contributed by atoms with Gasteiger partial charge in [0.2, 0.25) is 0 Å². The van der Waals surface area contributed by atoms with Crippen LogP contribution in [0.4, 0.5) is 5.82 Å². The van der Waals surface area contributed by atoms with Crippen LogP contribution < -0.4 is 10.1 Å². The summed E-state index contributed by atoms with van der Waals surface area (Å²) in [5.74, 6) is 1.76. The van der Waals surface area contributed by atoms with Crippen molar-refractivity contribution in [2.45, 2.75) is 24.8 Å². The third-order valence-corrected chi connectivity index (χ3v) is 3.31. The van der Waals surface area contributed by atoms with Gasteiger partial charge in [-0.3, -0.25) is 0 Å². The molecular weight excluding hydrogens is 196 g/mol. The molecule has 0 unspecified atom stereocenters. The normalized spacial score (nSPS) is 21.7. The van der Waals surface area contributed by atoms with Crippen molar-refractivity contribution in [3.05, 3.63) is 16.8 Å². The molecule has 0 aromatic carbocycles. The number of aromatic nitrogens is 1. The molecule has 1 aliphatic heterocycles. The van der Waals surface area contributed by atoms with E-state index in [4.69, 9.17) is 17.0 Å². The Labute approximate surface area is 87.5 Å². The lowest BCUT2D eigenvalue weighted by Gasteiger charge is -2.13. The van der Waals surface area contributed by atoms with Crippen LogP contribution in [-0.4, -0.2) is 17.1 Å². The molecule has 14 heavy (non-hydrogen) atoms. The van der Waals surface area contributed by atoms with E-state index in [1.807, 2.05) is 12.3 Å². The van der Waals surface area contributed by atoms with Gasteiger partial charge in [-0.1, -0.05) is 12.2 Å². The molecule has 1 aromatic rings. The summed E-state index contributed by atoms with van der Waals surface area (Å²) >= 11 is 5.21. The van der Waals surface area contributed by atoms with Crippen molar-refractivity contribution < 1.29 is 4.74 Å². The van der Waals surface area contributed by atoms with Crippen LogP contribution in [0, 0.1) is 4.51 Å². The highest BCUT2D eigenvalue weighted by molar-refractivity contribution is 7.71. The second-order valence-corrected chi connectivity index (χ2v) is 4.49. The van der Waals surface area contributed by atoms with Crippen LogP contribution in [0.15, 0.2) is 12.3 Å². The summed E-state index contributed by atoms with van der Waals surface area (Å²) in [4.78, 5) is 3.16. The molecule has 0 amide bonds. The summed E-state index contributed by atoms with van der Waals surface area (Å²) in [6, 6.07) is 1.86. The molecule has 1 fully saturated rings. The SMILES string of the molecule is S=c1cc[nH]c2c1OCCC1(CC1)N2. The van der Waals surface area contributed by atoms with E-state index in [9.17, 15) is 0 Å². The number of anilines is 1. The van der Waals surface area contributed by atoms with E-state index in [0.29, 0.717) is 5.54 Å². The highest BCUT2D eigenvalue weighted by atomic mass is 32.1. The average molecular weight is 208 g/mol. The molecule has 2 heterocycles. The van der Waals surface area contributed by atoms with E-state index in [2.05, 4.69) is 10.3 Å². The first-order valence-electron chi connectivity index (χ1n) is 4.92. The first-order chi connectivity index (χ1) is 6.79. The van der Waals surface area contributed by atoms with Crippen LogP contribution in [0.5, 0.6) is 5.75 Å². The Bertz CT molecular complexity index is 422. The predicted molar refractivity (Wildman–Crippen MR) is 57.3 cm³/mol. The van der Waals surface area contributed by atoms with Crippen LogP contribution in [0.2, 0.25) is 0 Å². The molecule has 1 aliphatic carbocycles. The topological polar surface area (TPSA) is 37.0 Å². The van der Waals surface area contributed by atoms with Gasteiger partial charge in [0.05, 0.1) is 11.1 Å². The molecule has 0 bridgehead atoms. The first kappa shape index (κ1) is 8.29. The van der Waals surface area contributed by atoms with Gasteiger partial charge in [0, 0.05) is 18.2 Å². The van der Waals surface area contributed by atoms with Crippen molar-refractivity contribution in [1.82, 2.24) is 4.98 Å². The van der Waals surface area contributed by atoms with Crippen molar-refractivity contribution in [2.75, 3.05) is 11.9 Å². The maximum Gasteiger partial charge on any atom is 0.177 e. The Morgan fingerprint density at radius 3 is 3.00 bits per heavy atom. The van der Waals surface area contributed by atoms with Gasteiger partial charge in [-0.25, -0.2) is 0 Å². The summed E-state index contributed by atoms with van der Waals surface area (Å²) < 4.78 is 6.44. The fourth-order valence-electron chi connectivity index (χ4n) is 1.90. The van der Waals surface area contributed by atoms with Crippen LogP contribution >= 0.6 is 12.2 Å². The maximum absolute atomic E-state index is 5.66. The van der Waals surface area contributed by atoms with Gasteiger partial charge in [-0.2, -0.15) is 0 Å². The van der Waals surface area contributed by atoms with Gasteiger partial charge in [-0.05, 0) is 18.9 Å². The fraction of sp³-hybridized carbons (Fsp3) is 0.500. The van der Waals surface area contributed by atoms with Gasteiger partial charge in [-0.15, -0.1) is 0 Å². The molecule has 3 rings (SSSR count). The maximum atomic E-state index is 5.66. The van der Waals surface area contributed by atoms with Crippen molar-refractivity contribution in [2.24, 2.45) is 0 Å². The minimum atomic E-state index is 0.297. The number of pyridine rings is 1. The lowest BCUT2D eigenvalue weighted by Crippen LogP contribution is -2.21. The summed E-state index contributed by atoms with van der Waals surface area (Å²) in [5.41, 5.74) is 0.297. The molecule has 0 atom stereocenters. The number of hydrogen-bond donors (Lipinski definition) is 2. The molecule has 4 heteroatoms. The zero-order valence-electron chi connectivity index (χ0n) is 7.80. The van der Waals surface area contributed by atoms with Crippen LogP contribution in [-0.2, 0) is 0 Å². The molecule has 1 aromatic heterocycles. The van der Waals surface area contributed by atoms with E-state index in [1.165, 1.54) is 12.8 Å². The molecule has 0 saturated heterocycles. The van der Waals surface area contributed by atoms with Crippen LogP contribution in [0.3, 0.4) is 0 Å². The standard InChI is InChI=1S/C10H12N2OS/c14-7-1-5-11-9-8(7)13-6-4-10(12-9)2-3-10/h1,5H,2-4,6H2,(H2,11,12,14). The lowest BCUT2D eigenvalue weighted by molar-refractivity contribution is 0.308. The molecule has 1 saturated carbocycles. The molecule has 74 valence electrons. The Balaban J connectivity index is 2.07. The molecule has 0 radical (unpaired) electrons. The smallest absolute Gasteiger partial charge is 0.177 e. The van der Waals surface area contributed by atoms with Crippen molar-refractivity contribution >= 4 is 18.0 Å². The van der Waals surface area contributed by atoms with E-state index in [0.717, 1.165) is 29.1 Å². The molecule has 2 N–H and O–H groups in total. The average Bonchev–Trinajstić information content (AvgIpc) is 2.93. The van der Waals surface area contributed by atoms with E-state index < -0.39 is 0 Å². The lowest BCUT2D eigenvalue weighted by atomic mass is 10.2. The van der Waals surface area contributed by atoms with E-state index in [-0.39, 0.29) is 0 Å². The third-order valence-electron chi connectivity index (χ3n) is 2.98. The largest absolute Gasteiger partial charge is 0.488 e. The summed E-state index contributed by atoms with van der Waals surface area (Å²) in [6.07, 6.45) is 5.42. The van der Waals surface area contributed by atoms with Crippen LogP contribution in [0.1, 0.15) is 19.3 Å². The Morgan fingerprint density at radius 1 is 1.36 bits per heavy atom. The minimum absolute atomic E-state index is 0.297. The second kappa shape index (κ2) is 2.73. The molecule has 2 aliphatic rings. The summed E-state index contributed by atoms with van der Waals surface area (Å²) in [5, 5.41) is 3.50. The monoisotopic (exact) mass is 208 g/mol. The molecule has 1 spiro atoms. The van der Waals surface area contributed by atoms with Crippen LogP contribution in [0.25, 0.3) is 0 Å². The van der Waals surface area contributed by atoms with Crippen molar-refractivity contribution in [3.63, 3.8) is 0 Å². The number of ether oxygens (including phenoxy) is 1. The zero-order valence-corrected chi connectivity index (χ0v) is 8.62.